The standard InChI is InChI=1S/C35H51NO12S/c1-17-20(47-29(40)26(38)24(19-11-10-12-44-19)36-30(41)48-31(3,4)5)14-35(43)18(2)27-33(8,28(39)25(37)23(17)32(35,6)7)21(46-16-49-9)13-22-34(27,42)15-45-22/h10-12,18,20-22,24-27,37-38,42-43H,13-16H2,1-9H3,(H,36,41)/t18?,20?,21?,22?,24?,25?,26?,27?,33-,34?,35?/m1/s1. The Labute approximate surface area is 291 Å². The number of ketones is 1. The number of carbonyl (C=O) groups is 3. The van der Waals surface area contributed by atoms with Crippen molar-refractivity contribution in [3.63, 3.8) is 0 Å². The molecule has 2 bridgehead atoms. The smallest absolute Gasteiger partial charge is 0.408 e. The van der Waals surface area contributed by atoms with Gasteiger partial charge in [0.15, 0.2) is 11.9 Å². The molecule has 3 aliphatic carbocycles. The molecule has 1 aromatic rings. The summed E-state index contributed by atoms with van der Waals surface area (Å²) in [5.74, 6) is -3.09. The molecular weight excluding hydrogens is 658 g/mol. The highest BCUT2D eigenvalue weighted by Crippen LogP contribution is 2.64. The number of alkyl carbamates (subject to hydrolysis) is 1. The fourth-order valence-corrected chi connectivity index (χ4v) is 9.34. The van der Waals surface area contributed by atoms with Crippen molar-refractivity contribution in [2.45, 2.75) is 122 Å². The van der Waals surface area contributed by atoms with Crippen LogP contribution in [0.15, 0.2) is 34.0 Å². The molecule has 5 rings (SSSR count). The summed E-state index contributed by atoms with van der Waals surface area (Å²) in [6.45, 7) is 13.5. The van der Waals surface area contributed by atoms with Crippen LogP contribution in [0.25, 0.3) is 0 Å². The van der Waals surface area contributed by atoms with Crippen LogP contribution in [0, 0.1) is 22.7 Å². The zero-order valence-corrected chi connectivity index (χ0v) is 30.5. The summed E-state index contributed by atoms with van der Waals surface area (Å²) in [7, 11) is 0. The van der Waals surface area contributed by atoms with Crippen LogP contribution in [0.4, 0.5) is 4.79 Å². The van der Waals surface area contributed by atoms with Crippen LogP contribution in [-0.4, -0.2) is 104 Å². The van der Waals surface area contributed by atoms with Crippen molar-refractivity contribution in [1.82, 2.24) is 5.32 Å². The van der Waals surface area contributed by atoms with Gasteiger partial charge >= 0.3 is 12.1 Å². The summed E-state index contributed by atoms with van der Waals surface area (Å²) >= 11 is 1.43. The molecule has 1 aromatic heterocycles. The van der Waals surface area contributed by atoms with Gasteiger partial charge in [0, 0.05) is 24.2 Å². The highest BCUT2D eigenvalue weighted by Gasteiger charge is 2.74. The lowest BCUT2D eigenvalue weighted by Crippen LogP contribution is -2.79. The van der Waals surface area contributed by atoms with Gasteiger partial charge in [-0.1, -0.05) is 20.8 Å². The van der Waals surface area contributed by atoms with Crippen molar-refractivity contribution in [3.8, 4) is 0 Å². The fourth-order valence-electron chi connectivity index (χ4n) is 9.04. The topological polar surface area (TPSA) is 194 Å². The van der Waals surface area contributed by atoms with Gasteiger partial charge in [0.25, 0.3) is 0 Å². The Hall–Kier alpha value is -2.46. The fraction of sp³-hybridized carbons (Fsp3) is 0.743. The number of Topliss-reactive ketones (excluding diaryl/α,β-unsaturated/α-hetero) is 1. The highest BCUT2D eigenvalue weighted by atomic mass is 32.2. The van der Waals surface area contributed by atoms with Crippen LogP contribution in [0.5, 0.6) is 0 Å². The third kappa shape index (κ3) is 6.04. The van der Waals surface area contributed by atoms with E-state index >= 15 is 0 Å². The number of carbonyl (C=O) groups excluding carboxylic acids is 3. The van der Waals surface area contributed by atoms with E-state index < -0.39 is 93.9 Å². The Morgan fingerprint density at radius 2 is 1.88 bits per heavy atom. The maximum Gasteiger partial charge on any atom is 0.408 e. The zero-order chi connectivity index (χ0) is 36.5. The van der Waals surface area contributed by atoms with E-state index in [0.29, 0.717) is 5.57 Å². The van der Waals surface area contributed by atoms with E-state index in [0.717, 1.165) is 0 Å². The van der Waals surface area contributed by atoms with Crippen molar-refractivity contribution in [2.75, 3.05) is 18.8 Å². The number of fused-ring (bicyclic) bond motifs is 5. The molecule has 2 saturated carbocycles. The average molecular weight is 710 g/mol. The predicted molar refractivity (Wildman–Crippen MR) is 177 cm³/mol. The lowest BCUT2D eigenvalue weighted by atomic mass is 9.43. The molecule has 13 nitrogen and oxygen atoms in total. The average Bonchev–Trinajstić information content (AvgIpc) is 3.54. The van der Waals surface area contributed by atoms with Crippen LogP contribution in [0.3, 0.4) is 0 Å². The Morgan fingerprint density at radius 3 is 2.43 bits per heavy atom. The first-order valence-electron chi connectivity index (χ1n) is 16.7. The quantitative estimate of drug-likeness (QED) is 0.150. The third-order valence-corrected chi connectivity index (χ3v) is 11.9. The molecule has 0 spiro atoms. The number of thioether (sulfide) groups is 1. The van der Waals surface area contributed by atoms with E-state index in [9.17, 15) is 34.8 Å². The largest absolute Gasteiger partial charge is 0.467 e. The number of hydrogen-bond acceptors (Lipinski definition) is 13. The Bertz CT molecular complexity index is 1470. The van der Waals surface area contributed by atoms with Crippen molar-refractivity contribution in [3.05, 3.63) is 35.3 Å². The molecule has 11 atom stereocenters. The number of ether oxygens (including phenoxy) is 4. The van der Waals surface area contributed by atoms with E-state index in [2.05, 4.69) is 5.32 Å². The van der Waals surface area contributed by atoms with E-state index in [1.807, 2.05) is 6.26 Å². The molecule has 274 valence electrons. The van der Waals surface area contributed by atoms with Crippen LogP contribution < -0.4 is 5.32 Å². The monoisotopic (exact) mass is 709 g/mol. The van der Waals surface area contributed by atoms with Gasteiger partial charge in [0.1, 0.15) is 35.2 Å². The molecule has 1 saturated heterocycles. The van der Waals surface area contributed by atoms with Crippen LogP contribution in [0.2, 0.25) is 0 Å². The molecule has 49 heavy (non-hydrogen) atoms. The van der Waals surface area contributed by atoms with Gasteiger partial charge in [-0.05, 0) is 70.1 Å². The summed E-state index contributed by atoms with van der Waals surface area (Å²) in [5, 5.41) is 50.8. The number of amides is 1. The first kappa shape index (κ1) is 37.8. The van der Waals surface area contributed by atoms with Crippen LogP contribution in [-0.2, 0) is 28.5 Å². The minimum atomic E-state index is -1.97. The van der Waals surface area contributed by atoms with Gasteiger partial charge < -0.3 is 49.1 Å². The summed E-state index contributed by atoms with van der Waals surface area (Å²) in [5.41, 5.74) is -6.21. The van der Waals surface area contributed by atoms with E-state index in [-0.39, 0.29) is 36.7 Å². The number of rotatable bonds is 8. The molecule has 3 fully saturated rings. The molecule has 2 heterocycles. The number of hydrogen-bond donors (Lipinski definition) is 5. The first-order chi connectivity index (χ1) is 22.6. The normalized spacial score (nSPS) is 38.2. The second kappa shape index (κ2) is 12.9. The molecule has 4 aliphatic rings. The van der Waals surface area contributed by atoms with E-state index in [1.54, 1.807) is 55.4 Å². The molecule has 14 heteroatoms. The SMILES string of the molecule is CSCOC1CC2OCC2(O)C2C(C)C3(O)CC(OC(=O)C(O)C(NC(=O)OC(C)(C)C)c4ccco4)C(C)=C(C(O)C(=O)[C@]12C)C3(C)C. The Kier molecular flexibility index (Phi) is 9.98. The Morgan fingerprint density at radius 1 is 1.20 bits per heavy atom. The van der Waals surface area contributed by atoms with Crippen molar-refractivity contribution >= 4 is 29.6 Å². The lowest BCUT2D eigenvalue weighted by Gasteiger charge is -2.67. The second-order valence-electron chi connectivity index (χ2n) is 15.8. The van der Waals surface area contributed by atoms with Gasteiger partial charge in [-0.15, -0.1) is 11.8 Å². The summed E-state index contributed by atoms with van der Waals surface area (Å²) in [6.07, 6.45) is -3.93. The number of esters is 1. The molecule has 10 unspecified atom stereocenters. The van der Waals surface area contributed by atoms with Crippen LogP contribution in [0.1, 0.15) is 80.0 Å². The highest BCUT2D eigenvalue weighted by molar-refractivity contribution is 7.98. The molecular formula is C35H51NO12S. The van der Waals surface area contributed by atoms with Crippen LogP contribution >= 0.6 is 11.8 Å². The Balaban J connectivity index is 1.54. The molecule has 5 N–H and O–H groups in total. The first-order valence-corrected chi connectivity index (χ1v) is 18.1. The van der Waals surface area contributed by atoms with Crippen molar-refractivity contribution in [1.29, 1.82) is 0 Å². The summed E-state index contributed by atoms with van der Waals surface area (Å²) in [6, 6.07) is 1.61. The van der Waals surface area contributed by atoms with Gasteiger partial charge in [-0.3, -0.25) is 4.79 Å². The van der Waals surface area contributed by atoms with E-state index in [4.69, 9.17) is 23.4 Å². The van der Waals surface area contributed by atoms with Gasteiger partial charge in [-0.25, -0.2) is 9.59 Å². The molecule has 1 aliphatic heterocycles. The minimum Gasteiger partial charge on any atom is -0.467 e. The molecule has 0 aromatic carbocycles. The summed E-state index contributed by atoms with van der Waals surface area (Å²) < 4.78 is 28.6. The predicted octanol–water partition coefficient (Wildman–Crippen LogP) is 3.04. The van der Waals surface area contributed by atoms with Crippen molar-refractivity contribution < 1.29 is 58.2 Å². The summed E-state index contributed by atoms with van der Waals surface area (Å²) in [4.78, 5) is 41.0. The lowest BCUT2D eigenvalue weighted by molar-refractivity contribution is -0.338. The number of aliphatic hydroxyl groups is 4. The molecule has 1 amide bonds. The maximum atomic E-state index is 14.7. The van der Waals surface area contributed by atoms with Gasteiger partial charge in [0.2, 0.25) is 0 Å². The second-order valence-corrected chi connectivity index (χ2v) is 16.6. The number of furan rings is 1. The zero-order valence-electron chi connectivity index (χ0n) is 29.6. The number of nitrogens with one attached hydrogen (secondary N) is 1. The van der Waals surface area contributed by atoms with Crippen molar-refractivity contribution in [2.24, 2.45) is 22.7 Å². The third-order valence-electron chi connectivity index (χ3n) is 11.5. The maximum absolute atomic E-state index is 14.7. The number of aliphatic hydroxyl groups excluding tert-OH is 2. The minimum absolute atomic E-state index is 0.0530. The van der Waals surface area contributed by atoms with E-state index in [1.165, 1.54) is 30.2 Å². The van der Waals surface area contributed by atoms with Gasteiger partial charge in [-0.2, -0.15) is 0 Å². The van der Waals surface area contributed by atoms with Gasteiger partial charge in [0.05, 0.1) is 42.0 Å². The molecule has 0 radical (unpaired) electrons.